The number of amides is 2. The summed E-state index contributed by atoms with van der Waals surface area (Å²) in [5, 5.41) is 4.47. The fraction of sp³-hybridized carbons (Fsp3) is 0.455. The first kappa shape index (κ1) is 14.5. The minimum atomic E-state index is -3.96. The second-order valence-electron chi connectivity index (χ2n) is 4.46. The molecule has 2 rings (SSSR count). The van der Waals surface area contributed by atoms with E-state index < -0.39 is 21.0 Å². The summed E-state index contributed by atoms with van der Waals surface area (Å²) in [6.45, 7) is 3.13. The Balaban J connectivity index is 2.06. The van der Waals surface area contributed by atoms with Crippen molar-refractivity contribution >= 4 is 21.8 Å². The number of primary sulfonamides is 1. The third-order valence-electron chi connectivity index (χ3n) is 3.08. The lowest BCUT2D eigenvalue weighted by Gasteiger charge is -2.33. The van der Waals surface area contributed by atoms with Gasteiger partial charge in [-0.3, -0.25) is 9.59 Å². The molecular weight excluding hydrogens is 286 g/mol. The van der Waals surface area contributed by atoms with Crippen molar-refractivity contribution < 1.29 is 22.4 Å². The first-order valence-electron chi connectivity index (χ1n) is 5.96. The Hall–Kier alpha value is -1.87. The summed E-state index contributed by atoms with van der Waals surface area (Å²) >= 11 is 0. The molecule has 110 valence electrons. The number of nitrogens with two attached hydrogens (primary N) is 1. The molecule has 0 aromatic carbocycles. The van der Waals surface area contributed by atoms with Gasteiger partial charge in [0.25, 0.3) is 15.9 Å². The van der Waals surface area contributed by atoms with Crippen LogP contribution < -0.4 is 5.14 Å². The molecule has 0 bridgehead atoms. The van der Waals surface area contributed by atoms with Crippen LogP contribution >= 0.6 is 0 Å². The molecular formula is C11H15N3O5S. The van der Waals surface area contributed by atoms with Gasteiger partial charge in [-0.25, -0.2) is 13.6 Å². The van der Waals surface area contributed by atoms with Crippen LogP contribution in [0.2, 0.25) is 0 Å². The van der Waals surface area contributed by atoms with Crippen molar-refractivity contribution in [2.45, 2.75) is 12.0 Å². The predicted molar refractivity (Wildman–Crippen MR) is 68.2 cm³/mol. The zero-order valence-electron chi connectivity index (χ0n) is 10.9. The minimum absolute atomic E-state index is 0.0355. The Bertz CT molecular complexity index is 628. The standard InChI is InChI=1S/C11H15N3O5S/c1-8(15)13-4-6-14(7-5-13)11(16)9-2-3-10(19-9)20(12,17)18/h2-3H,4-7H2,1H3,(H2,12,17,18). The molecule has 0 aliphatic carbocycles. The lowest BCUT2D eigenvalue weighted by molar-refractivity contribution is -0.130. The van der Waals surface area contributed by atoms with Gasteiger partial charge in [0.2, 0.25) is 11.0 Å². The van der Waals surface area contributed by atoms with Crippen LogP contribution in [0.3, 0.4) is 0 Å². The molecule has 1 aliphatic heterocycles. The zero-order chi connectivity index (χ0) is 14.9. The van der Waals surface area contributed by atoms with E-state index in [-0.39, 0.29) is 11.7 Å². The molecule has 1 aromatic rings. The average Bonchev–Trinajstić information content (AvgIpc) is 2.87. The van der Waals surface area contributed by atoms with Gasteiger partial charge in [-0.05, 0) is 12.1 Å². The highest BCUT2D eigenvalue weighted by Gasteiger charge is 2.26. The topological polar surface area (TPSA) is 114 Å². The van der Waals surface area contributed by atoms with Gasteiger partial charge in [-0.1, -0.05) is 0 Å². The number of hydrogen-bond acceptors (Lipinski definition) is 5. The molecule has 9 heteroatoms. The molecule has 20 heavy (non-hydrogen) atoms. The zero-order valence-corrected chi connectivity index (χ0v) is 11.7. The van der Waals surface area contributed by atoms with Crippen molar-refractivity contribution in [2.75, 3.05) is 26.2 Å². The molecule has 2 heterocycles. The molecule has 2 N–H and O–H groups in total. The third-order valence-corrected chi connectivity index (χ3v) is 3.87. The summed E-state index contributed by atoms with van der Waals surface area (Å²) in [7, 11) is -3.96. The van der Waals surface area contributed by atoms with Crippen molar-refractivity contribution in [3.63, 3.8) is 0 Å². The van der Waals surface area contributed by atoms with Crippen molar-refractivity contribution in [1.82, 2.24) is 9.80 Å². The largest absolute Gasteiger partial charge is 0.438 e. The molecule has 2 amide bonds. The van der Waals surface area contributed by atoms with Gasteiger partial charge < -0.3 is 14.2 Å². The number of furan rings is 1. The van der Waals surface area contributed by atoms with Crippen LogP contribution in [0.5, 0.6) is 0 Å². The molecule has 8 nitrogen and oxygen atoms in total. The first-order chi connectivity index (χ1) is 9.29. The fourth-order valence-electron chi connectivity index (χ4n) is 1.97. The molecule has 1 fully saturated rings. The van der Waals surface area contributed by atoms with Crippen LogP contribution in [0, 0.1) is 0 Å². The van der Waals surface area contributed by atoms with E-state index in [1.807, 2.05) is 0 Å². The van der Waals surface area contributed by atoms with Crippen LogP contribution in [0.25, 0.3) is 0 Å². The number of hydrogen-bond donors (Lipinski definition) is 1. The monoisotopic (exact) mass is 301 g/mol. The quantitative estimate of drug-likeness (QED) is 0.770. The van der Waals surface area contributed by atoms with Gasteiger partial charge in [-0.2, -0.15) is 0 Å². The Morgan fingerprint density at radius 3 is 2.15 bits per heavy atom. The number of nitrogens with zero attached hydrogens (tertiary/aromatic N) is 2. The van der Waals surface area contributed by atoms with E-state index in [4.69, 9.17) is 9.56 Å². The van der Waals surface area contributed by atoms with Crippen LogP contribution in [-0.4, -0.2) is 56.2 Å². The van der Waals surface area contributed by atoms with Crippen molar-refractivity contribution in [3.8, 4) is 0 Å². The minimum Gasteiger partial charge on any atom is -0.438 e. The Morgan fingerprint density at radius 2 is 1.70 bits per heavy atom. The van der Waals surface area contributed by atoms with Crippen molar-refractivity contribution in [1.29, 1.82) is 0 Å². The third kappa shape index (κ3) is 2.99. The predicted octanol–water partition coefficient (Wildman–Crippen LogP) is -0.769. The Morgan fingerprint density at radius 1 is 1.15 bits per heavy atom. The van der Waals surface area contributed by atoms with Crippen molar-refractivity contribution in [2.24, 2.45) is 5.14 Å². The van der Waals surface area contributed by atoms with Gasteiger partial charge in [0.1, 0.15) is 0 Å². The number of rotatable bonds is 2. The summed E-state index contributed by atoms with van der Waals surface area (Å²) in [6, 6.07) is 2.42. The Labute approximate surface area is 116 Å². The van der Waals surface area contributed by atoms with Gasteiger partial charge in [0.15, 0.2) is 5.76 Å². The molecule has 0 radical (unpaired) electrons. The summed E-state index contributed by atoms with van der Waals surface area (Å²) in [5.41, 5.74) is 0. The first-order valence-corrected chi connectivity index (χ1v) is 7.51. The SMILES string of the molecule is CC(=O)N1CCN(C(=O)c2ccc(S(N)(=O)=O)o2)CC1. The second kappa shape index (κ2) is 5.25. The molecule has 0 atom stereocenters. The summed E-state index contributed by atoms with van der Waals surface area (Å²) in [4.78, 5) is 26.4. The molecule has 1 saturated heterocycles. The maximum absolute atomic E-state index is 12.1. The maximum Gasteiger partial charge on any atom is 0.289 e. The summed E-state index contributed by atoms with van der Waals surface area (Å²) in [6.07, 6.45) is 0. The van der Waals surface area contributed by atoms with Crippen LogP contribution in [-0.2, 0) is 14.8 Å². The van der Waals surface area contributed by atoms with E-state index >= 15 is 0 Å². The van der Waals surface area contributed by atoms with E-state index in [1.165, 1.54) is 17.9 Å². The number of piperazine rings is 1. The Kier molecular flexibility index (Phi) is 3.82. The molecule has 1 aliphatic rings. The average molecular weight is 301 g/mol. The second-order valence-corrected chi connectivity index (χ2v) is 5.95. The van der Waals surface area contributed by atoms with Crippen molar-refractivity contribution in [3.05, 3.63) is 17.9 Å². The smallest absolute Gasteiger partial charge is 0.289 e. The van der Waals surface area contributed by atoms with E-state index in [0.29, 0.717) is 26.2 Å². The van der Waals surface area contributed by atoms with Gasteiger partial charge in [0.05, 0.1) is 0 Å². The van der Waals surface area contributed by atoms with E-state index in [1.54, 1.807) is 4.90 Å². The van der Waals surface area contributed by atoms with Gasteiger partial charge >= 0.3 is 0 Å². The number of carbonyl (C=O) groups is 2. The highest BCUT2D eigenvalue weighted by molar-refractivity contribution is 7.89. The number of sulfonamides is 1. The fourth-order valence-corrected chi connectivity index (χ4v) is 2.43. The van der Waals surface area contributed by atoms with E-state index in [9.17, 15) is 18.0 Å². The molecule has 0 unspecified atom stereocenters. The maximum atomic E-state index is 12.1. The van der Waals surface area contributed by atoms with E-state index in [2.05, 4.69) is 0 Å². The van der Waals surface area contributed by atoms with Gasteiger partial charge in [-0.15, -0.1) is 0 Å². The molecule has 0 spiro atoms. The summed E-state index contributed by atoms with van der Waals surface area (Å²) in [5.74, 6) is -0.528. The van der Waals surface area contributed by atoms with Gasteiger partial charge in [0, 0.05) is 33.1 Å². The van der Waals surface area contributed by atoms with Crippen LogP contribution in [0.1, 0.15) is 17.5 Å². The molecule has 0 saturated carbocycles. The molecule has 1 aromatic heterocycles. The normalized spacial score (nSPS) is 16.3. The van der Waals surface area contributed by atoms with E-state index in [0.717, 1.165) is 6.07 Å². The van der Waals surface area contributed by atoms with Crippen LogP contribution in [0.15, 0.2) is 21.6 Å². The highest BCUT2D eigenvalue weighted by atomic mass is 32.2. The highest BCUT2D eigenvalue weighted by Crippen LogP contribution is 2.15. The number of carbonyl (C=O) groups excluding carboxylic acids is 2. The lowest BCUT2D eigenvalue weighted by atomic mass is 10.3. The van der Waals surface area contributed by atoms with Crippen LogP contribution in [0.4, 0.5) is 0 Å². The summed E-state index contributed by atoms with van der Waals surface area (Å²) < 4.78 is 27.1. The lowest BCUT2D eigenvalue weighted by Crippen LogP contribution is -2.50.